The predicted molar refractivity (Wildman–Crippen MR) is 73.7 cm³/mol. The minimum Gasteiger partial charge on any atom is -0.507 e. The van der Waals surface area contributed by atoms with E-state index in [2.05, 4.69) is 0 Å². The summed E-state index contributed by atoms with van der Waals surface area (Å²) in [6.07, 6.45) is 0.196. The van der Waals surface area contributed by atoms with Crippen LogP contribution in [0.5, 0.6) is 5.75 Å². The van der Waals surface area contributed by atoms with Gasteiger partial charge in [0, 0.05) is 5.56 Å². The summed E-state index contributed by atoms with van der Waals surface area (Å²) in [4.78, 5) is 0. The summed E-state index contributed by atoms with van der Waals surface area (Å²) < 4.78 is 0. The van der Waals surface area contributed by atoms with Crippen LogP contribution in [0, 0.1) is 6.92 Å². The number of aliphatic hydroxyl groups is 1. The largest absolute Gasteiger partial charge is 0.507 e. The lowest BCUT2D eigenvalue weighted by Gasteiger charge is -2.13. The van der Waals surface area contributed by atoms with Gasteiger partial charge in [0.1, 0.15) is 5.75 Å². The van der Waals surface area contributed by atoms with Gasteiger partial charge in [0.15, 0.2) is 0 Å². The van der Waals surface area contributed by atoms with Gasteiger partial charge < -0.3 is 10.2 Å². The van der Waals surface area contributed by atoms with Crippen molar-refractivity contribution in [2.45, 2.75) is 26.4 Å². The molecule has 0 fully saturated rings. The summed E-state index contributed by atoms with van der Waals surface area (Å²) in [6, 6.07) is 13.4. The molecule has 0 aliphatic carbocycles. The molecule has 0 aromatic heterocycles. The quantitative estimate of drug-likeness (QED) is 0.867. The minimum atomic E-state index is -0.391. The van der Waals surface area contributed by atoms with Crippen LogP contribution in [0.15, 0.2) is 42.5 Å². The maximum Gasteiger partial charge on any atom is 0.123 e. The minimum absolute atomic E-state index is 0.277. The first-order valence-corrected chi connectivity index (χ1v) is 6.14. The molecule has 1 unspecified atom stereocenters. The highest BCUT2D eigenvalue weighted by Crippen LogP contribution is 2.32. The van der Waals surface area contributed by atoms with Gasteiger partial charge in [0.25, 0.3) is 0 Å². The van der Waals surface area contributed by atoms with E-state index >= 15 is 0 Å². The highest BCUT2D eigenvalue weighted by atomic mass is 16.3. The molecular weight excluding hydrogens is 224 g/mol. The van der Waals surface area contributed by atoms with Crippen molar-refractivity contribution in [1.29, 1.82) is 0 Å². The normalized spacial score (nSPS) is 12.4. The number of aromatic hydroxyl groups is 1. The molecule has 18 heavy (non-hydrogen) atoms. The fraction of sp³-hybridized carbons (Fsp3) is 0.250. The predicted octanol–water partition coefficient (Wildman–Crippen LogP) is 3.29. The third-order valence-electron chi connectivity index (χ3n) is 2.97. The molecule has 0 saturated heterocycles. The van der Waals surface area contributed by atoms with Gasteiger partial charge in [-0.2, -0.15) is 0 Å². The lowest BCUT2D eigenvalue weighted by atomic mass is 9.94. The van der Waals surface area contributed by atoms with E-state index in [1.165, 1.54) is 0 Å². The summed E-state index contributed by atoms with van der Waals surface area (Å²) in [5.74, 6) is 0.277. The van der Waals surface area contributed by atoms with E-state index in [9.17, 15) is 10.2 Å². The second-order valence-electron chi connectivity index (χ2n) is 4.73. The van der Waals surface area contributed by atoms with E-state index in [0.29, 0.717) is 6.42 Å². The molecule has 0 saturated carbocycles. The van der Waals surface area contributed by atoms with E-state index in [4.69, 9.17) is 0 Å². The Kier molecular flexibility index (Phi) is 3.68. The lowest BCUT2D eigenvalue weighted by Crippen LogP contribution is -2.05. The Morgan fingerprint density at radius 3 is 2.50 bits per heavy atom. The number of hydrogen-bond acceptors (Lipinski definition) is 2. The molecule has 2 aromatic carbocycles. The summed E-state index contributed by atoms with van der Waals surface area (Å²) in [5.41, 5.74) is 3.97. The van der Waals surface area contributed by atoms with Crippen LogP contribution in [0.1, 0.15) is 18.1 Å². The maximum atomic E-state index is 9.98. The van der Waals surface area contributed by atoms with Gasteiger partial charge in [0.05, 0.1) is 6.10 Å². The van der Waals surface area contributed by atoms with Crippen LogP contribution in [0.25, 0.3) is 11.1 Å². The smallest absolute Gasteiger partial charge is 0.123 e. The molecule has 0 radical (unpaired) electrons. The van der Waals surface area contributed by atoms with Crippen LogP contribution in [0.4, 0.5) is 0 Å². The number of phenols is 1. The van der Waals surface area contributed by atoms with Gasteiger partial charge in [-0.05, 0) is 43.5 Å². The van der Waals surface area contributed by atoms with Gasteiger partial charge in [-0.1, -0.05) is 35.9 Å². The van der Waals surface area contributed by atoms with Crippen LogP contribution in [-0.4, -0.2) is 16.3 Å². The third-order valence-corrected chi connectivity index (χ3v) is 2.97. The second-order valence-corrected chi connectivity index (χ2v) is 4.73. The van der Waals surface area contributed by atoms with Gasteiger partial charge in [0.2, 0.25) is 0 Å². The standard InChI is InChI=1S/C16H18O2/c1-11-7-8-16(18)15(9-11)14-6-4-3-5-13(14)10-12(2)17/h3-9,12,17-18H,10H2,1-2H3. The average Bonchev–Trinajstić information content (AvgIpc) is 2.32. The number of aryl methyl sites for hydroxylation is 1. The SMILES string of the molecule is Cc1ccc(O)c(-c2ccccc2CC(C)O)c1. The van der Waals surface area contributed by atoms with Crippen molar-refractivity contribution < 1.29 is 10.2 Å². The Labute approximate surface area is 108 Å². The van der Waals surface area contributed by atoms with Gasteiger partial charge in [-0.15, -0.1) is 0 Å². The fourth-order valence-corrected chi connectivity index (χ4v) is 2.14. The molecule has 0 heterocycles. The summed E-state index contributed by atoms with van der Waals surface area (Å²) in [5, 5.41) is 19.5. The molecule has 94 valence electrons. The highest BCUT2D eigenvalue weighted by Gasteiger charge is 2.10. The number of phenolic OH excluding ortho intramolecular Hbond substituents is 1. The van der Waals surface area contributed by atoms with E-state index in [0.717, 1.165) is 22.3 Å². The van der Waals surface area contributed by atoms with Crippen LogP contribution >= 0.6 is 0 Å². The van der Waals surface area contributed by atoms with Crippen molar-refractivity contribution in [2.24, 2.45) is 0 Å². The zero-order chi connectivity index (χ0) is 13.1. The highest BCUT2D eigenvalue weighted by molar-refractivity contribution is 5.73. The topological polar surface area (TPSA) is 40.5 Å². The third kappa shape index (κ3) is 2.71. The summed E-state index contributed by atoms with van der Waals surface area (Å²) >= 11 is 0. The molecule has 0 bridgehead atoms. The van der Waals surface area contributed by atoms with Crippen molar-refractivity contribution in [3.8, 4) is 16.9 Å². The van der Waals surface area contributed by atoms with E-state index in [-0.39, 0.29) is 5.75 Å². The molecule has 0 aliphatic rings. The van der Waals surface area contributed by atoms with Crippen molar-refractivity contribution in [1.82, 2.24) is 0 Å². The van der Waals surface area contributed by atoms with Crippen molar-refractivity contribution in [2.75, 3.05) is 0 Å². The Hall–Kier alpha value is -1.80. The first-order chi connectivity index (χ1) is 8.58. The molecule has 0 spiro atoms. The first-order valence-electron chi connectivity index (χ1n) is 6.14. The van der Waals surface area contributed by atoms with Crippen LogP contribution in [0.3, 0.4) is 0 Å². The Morgan fingerprint density at radius 2 is 1.78 bits per heavy atom. The fourth-order valence-electron chi connectivity index (χ4n) is 2.14. The molecule has 0 amide bonds. The van der Waals surface area contributed by atoms with E-state index < -0.39 is 6.10 Å². The zero-order valence-corrected chi connectivity index (χ0v) is 10.7. The average molecular weight is 242 g/mol. The number of aliphatic hydroxyl groups excluding tert-OH is 1. The molecule has 1 atom stereocenters. The van der Waals surface area contributed by atoms with Gasteiger partial charge >= 0.3 is 0 Å². The summed E-state index contributed by atoms with van der Waals surface area (Å²) in [6.45, 7) is 3.77. The Balaban J connectivity index is 2.53. The zero-order valence-electron chi connectivity index (χ0n) is 10.7. The maximum absolute atomic E-state index is 9.98. The Morgan fingerprint density at radius 1 is 1.06 bits per heavy atom. The molecule has 2 heteroatoms. The van der Waals surface area contributed by atoms with E-state index in [1.807, 2.05) is 43.3 Å². The monoisotopic (exact) mass is 242 g/mol. The number of benzene rings is 2. The molecule has 2 aromatic rings. The first kappa shape index (κ1) is 12.7. The van der Waals surface area contributed by atoms with Gasteiger partial charge in [-0.3, -0.25) is 0 Å². The van der Waals surface area contributed by atoms with Crippen LogP contribution < -0.4 is 0 Å². The van der Waals surface area contributed by atoms with Crippen molar-refractivity contribution >= 4 is 0 Å². The number of rotatable bonds is 3. The van der Waals surface area contributed by atoms with Crippen LogP contribution in [0.2, 0.25) is 0 Å². The van der Waals surface area contributed by atoms with Crippen molar-refractivity contribution in [3.05, 3.63) is 53.6 Å². The van der Waals surface area contributed by atoms with Crippen LogP contribution in [-0.2, 0) is 6.42 Å². The van der Waals surface area contributed by atoms with Crippen molar-refractivity contribution in [3.63, 3.8) is 0 Å². The molecule has 2 N–H and O–H groups in total. The molecular formula is C16H18O2. The summed E-state index contributed by atoms with van der Waals surface area (Å²) in [7, 11) is 0. The second kappa shape index (κ2) is 5.23. The van der Waals surface area contributed by atoms with Gasteiger partial charge in [-0.25, -0.2) is 0 Å². The number of hydrogen-bond donors (Lipinski definition) is 2. The lowest BCUT2D eigenvalue weighted by molar-refractivity contribution is 0.195. The molecule has 2 nitrogen and oxygen atoms in total. The van der Waals surface area contributed by atoms with E-state index in [1.54, 1.807) is 13.0 Å². The molecule has 2 rings (SSSR count). The molecule has 0 aliphatic heterocycles. The Bertz CT molecular complexity index is 545.